The van der Waals surface area contributed by atoms with Gasteiger partial charge in [0.2, 0.25) is 0 Å². The van der Waals surface area contributed by atoms with Gasteiger partial charge in [0.15, 0.2) is 9.84 Å². The minimum atomic E-state index is -3.92. The lowest BCUT2D eigenvalue weighted by molar-refractivity contribution is -0.139. The second-order valence-electron chi connectivity index (χ2n) is 5.69. The van der Waals surface area contributed by atoms with E-state index in [0.29, 0.717) is 10.6 Å². The van der Waals surface area contributed by atoms with Gasteiger partial charge in [-0.15, -0.1) is 0 Å². The van der Waals surface area contributed by atoms with Gasteiger partial charge in [0.1, 0.15) is 10.8 Å². The molecule has 3 atom stereocenters. The molecule has 0 spiro atoms. The number of nitrogens with two attached hydrogens (primary N) is 1. The van der Waals surface area contributed by atoms with Gasteiger partial charge in [0.05, 0.1) is 4.90 Å². The molecule has 1 fully saturated rings. The van der Waals surface area contributed by atoms with Crippen molar-refractivity contribution < 1.29 is 18.3 Å². The lowest BCUT2D eigenvalue weighted by Crippen LogP contribution is -2.39. The Morgan fingerprint density at radius 2 is 1.67 bits per heavy atom. The van der Waals surface area contributed by atoms with Gasteiger partial charge in [-0.25, -0.2) is 8.42 Å². The number of benzene rings is 2. The van der Waals surface area contributed by atoms with E-state index in [1.165, 1.54) is 24.3 Å². The van der Waals surface area contributed by atoms with Crippen molar-refractivity contribution in [3.8, 4) is 0 Å². The molecule has 126 valence electrons. The zero-order valence-electron chi connectivity index (χ0n) is 12.2. The number of carboxylic acids is 1. The topological polar surface area (TPSA) is 97.5 Å². The van der Waals surface area contributed by atoms with Crippen LogP contribution in [0.2, 0.25) is 5.02 Å². The Balaban J connectivity index is 2.06. The van der Waals surface area contributed by atoms with Crippen molar-refractivity contribution in [1.82, 2.24) is 0 Å². The average Bonchev–Trinajstić information content (AvgIpc) is 3.17. The van der Waals surface area contributed by atoms with E-state index in [2.05, 4.69) is 15.9 Å². The first-order valence-electron chi connectivity index (χ1n) is 6.96. The van der Waals surface area contributed by atoms with Crippen molar-refractivity contribution in [3.05, 3.63) is 63.6 Å². The van der Waals surface area contributed by atoms with Crippen LogP contribution in [0.4, 0.5) is 0 Å². The van der Waals surface area contributed by atoms with Crippen LogP contribution in [0.1, 0.15) is 11.5 Å². The molecule has 1 aliphatic rings. The molecular formula is C16H13BrClNO4S. The van der Waals surface area contributed by atoms with Crippen LogP contribution in [-0.2, 0) is 14.6 Å². The number of hydrogen-bond acceptors (Lipinski definition) is 4. The Morgan fingerprint density at radius 1 is 1.12 bits per heavy atom. The number of hydrogen-bond donors (Lipinski definition) is 2. The van der Waals surface area contributed by atoms with Crippen LogP contribution in [0, 0.1) is 0 Å². The van der Waals surface area contributed by atoms with Crippen LogP contribution >= 0.6 is 27.5 Å². The molecule has 0 heterocycles. The minimum Gasteiger partial charge on any atom is -0.480 e. The summed E-state index contributed by atoms with van der Waals surface area (Å²) in [4.78, 5) is 11.7. The first-order valence-corrected chi connectivity index (χ1v) is 9.68. The Labute approximate surface area is 152 Å². The maximum absolute atomic E-state index is 12.9. The van der Waals surface area contributed by atoms with Gasteiger partial charge < -0.3 is 10.8 Å². The molecule has 0 saturated heterocycles. The molecule has 3 rings (SSSR count). The van der Waals surface area contributed by atoms with Crippen LogP contribution in [0.5, 0.6) is 0 Å². The molecule has 2 aromatic rings. The summed E-state index contributed by atoms with van der Waals surface area (Å²) in [6, 6.07) is 12.4. The quantitative estimate of drug-likeness (QED) is 0.777. The molecule has 1 aliphatic carbocycles. The normalized spacial score (nSPS) is 26.1. The molecule has 0 bridgehead atoms. The molecule has 0 aliphatic heterocycles. The highest BCUT2D eigenvalue weighted by atomic mass is 79.9. The summed E-state index contributed by atoms with van der Waals surface area (Å²) >= 11 is 9.08. The van der Waals surface area contributed by atoms with Crippen molar-refractivity contribution in [1.29, 1.82) is 0 Å². The van der Waals surface area contributed by atoms with Crippen LogP contribution < -0.4 is 5.73 Å². The molecular weight excluding hydrogens is 418 g/mol. The smallest absolute Gasteiger partial charge is 0.325 e. The van der Waals surface area contributed by atoms with Crippen LogP contribution in [0.15, 0.2) is 57.9 Å². The fourth-order valence-electron chi connectivity index (χ4n) is 2.96. The van der Waals surface area contributed by atoms with E-state index in [1.54, 1.807) is 24.3 Å². The number of sulfone groups is 1. The van der Waals surface area contributed by atoms with E-state index in [9.17, 15) is 18.3 Å². The van der Waals surface area contributed by atoms with Gasteiger partial charge in [0.25, 0.3) is 0 Å². The maximum Gasteiger partial charge on any atom is 0.325 e. The summed E-state index contributed by atoms with van der Waals surface area (Å²) in [7, 11) is -3.92. The van der Waals surface area contributed by atoms with E-state index in [0.717, 1.165) is 4.47 Å². The third-order valence-corrected chi connectivity index (χ3v) is 7.30. The van der Waals surface area contributed by atoms with E-state index < -0.39 is 32.5 Å². The standard InChI is InChI=1S/C16H13BrClNO4S/c17-10-3-1-9(2-4-10)13-14(16(13,19)15(20)21)24(22,23)12-7-5-11(18)6-8-12/h1-8,13-14H,19H2,(H,20,21)/t13-,14-,16-/m1/s1. The van der Waals surface area contributed by atoms with Crippen LogP contribution in [-0.4, -0.2) is 30.3 Å². The summed E-state index contributed by atoms with van der Waals surface area (Å²) < 4.78 is 26.6. The second-order valence-corrected chi connectivity index (χ2v) is 9.11. The second kappa shape index (κ2) is 5.84. The number of aliphatic carboxylic acids is 1. The summed E-state index contributed by atoms with van der Waals surface area (Å²) in [5.41, 5.74) is 4.70. The van der Waals surface area contributed by atoms with Crippen LogP contribution in [0.3, 0.4) is 0 Å². The van der Waals surface area contributed by atoms with Gasteiger partial charge in [-0.3, -0.25) is 4.79 Å². The highest BCUT2D eigenvalue weighted by molar-refractivity contribution is 9.10. The summed E-state index contributed by atoms with van der Waals surface area (Å²) in [5, 5.41) is 8.67. The lowest BCUT2D eigenvalue weighted by Gasteiger charge is -2.07. The van der Waals surface area contributed by atoms with Crippen molar-refractivity contribution in [3.63, 3.8) is 0 Å². The summed E-state index contributed by atoms with van der Waals surface area (Å²) in [5.74, 6) is -2.15. The first kappa shape index (κ1) is 17.4. The number of carboxylic acid groups (broad SMARTS) is 1. The molecule has 2 aromatic carbocycles. The van der Waals surface area contributed by atoms with E-state index >= 15 is 0 Å². The van der Waals surface area contributed by atoms with Gasteiger partial charge in [-0.05, 0) is 42.0 Å². The Bertz CT molecular complexity index is 899. The fraction of sp³-hybridized carbons (Fsp3) is 0.188. The maximum atomic E-state index is 12.9. The molecule has 0 amide bonds. The molecule has 24 heavy (non-hydrogen) atoms. The highest BCUT2D eigenvalue weighted by Gasteiger charge is 2.74. The average molecular weight is 431 g/mol. The van der Waals surface area contributed by atoms with E-state index in [4.69, 9.17) is 17.3 Å². The van der Waals surface area contributed by atoms with Crippen LogP contribution in [0.25, 0.3) is 0 Å². The predicted octanol–water partition coefficient (Wildman–Crippen LogP) is 2.82. The van der Waals surface area contributed by atoms with Gasteiger partial charge in [0, 0.05) is 15.4 Å². The SMILES string of the molecule is N[C@]1(C(=O)O)[C@H](c2ccc(Br)cc2)[C@H]1S(=O)(=O)c1ccc(Cl)cc1. The van der Waals surface area contributed by atoms with Crippen molar-refractivity contribution in [2.24, 2.45) is 5.73 Å². The number of rotatable bonds is 4. The van der Waals surface area contributed by atoms with Gasteiger partial charge in [-0.2, -0.15) is 0 Å². The monoisotopic (exact) mass is 429 g/mol. The number of carbonyl (C=O) groups is 1. The number of halogens is 2. The third-order valence-electron chi connectivity index (χ3n) is 4.26. The Kier molecular flexibility index (Phi) is 4.24. The Morgan fingerprint density at radius 3 is 2.17 bits per heavy atom. The first-order chi connectivity index (χ1) is 11.2. The largest absolute Gasteiger partial charge is 0.480 e. The molecule has 0 radical (unpaired) electrons. The zero-order chi connectivity index (χ0) is 17.7. The molecule has 3 N–H and O–H groups in total. The van der Waals surface area contributed by atoms with Gasteiger partial charge in [-0.1, -0.05) is 39.7 Å². The highest BCUT2D eigenvalue weighted by Crippen LogP contribution is 2.55. The third kappa shape index (κ3) is 2.65. The summed E-state index contributed by atoms with van der Waals surface area (Å²) in [6.07, 6.45) is 0. The molecule has 0 aromatic heterocycles. The fourth-order valence-corrected chi connectivity index (χ4v) is 5.58. The molecule has 5 nitrogen and oxygen atoms in total. The van der Waals surface area contributed by atoms with Crippen molar-refractivity contribution >= 4 is 43.3 Å². The van der Waals surface area contributed by atoms with E-state index in [1.807, 2.05) is 0 Å². The van der Waals surface area contributed by atoms with E-state index in [-0.39, 0.29) is 4.90 Å². The van der Waals surface area contributed by atoms with Crippen molar-refractivity contribution in [2.45, 2.75) is 21.6 Å². The molecule has 8 heteroatoms. The predicted molar refractivity (Wildman–Crippen MR) is 93.9 cm³/mol. The lowest BCUT2D eigenvalue weighted by atomic mass is 10.1. The summed E-state index contributed by atoms with van der Waals surface area (Å²) in [6.45, 7) is 0. The Hall–Kier alpha value is -1.41. The van der Waals surface area contributed by atoms with Crippen molar-refractivity contribution in [2.75, 3.05) is 0 Å². The zero-order valence-corrected chi connectivity index (χ0v) is 15.3. The molecule has 0 unspecified atom stereocenters. The molecule has 1 saturated carbocycles. The van der Waals surface area contributed by atoms with Gasteiger partial charge >= 0.3 is 5.97 Å². The minimum absolute atomic E-state index is 0.00702.